The highest BCUT2D eigenvalue weighted by Gasteiger charge is 2.65. The molecule has 3 saturated carbocycles. The van der Waals surface area contributed by atoms with Crippen molar-refractivity contribution in [2.45, 2.75) is 112 Å². The van der Waals surface area contributed by atoms with Crippen molar-refractivity contribution in [3.05, 3.63) is 23.3 Å². The third-order valence-corrected chi connectivity index (χ3v) is 12.4. The van der Waals surface area contributed by atoms with Crippen LogP contribution >= 0.6 is 0 Å². The molecule has 3 fully saturated rings. The van der Waals surface area contributed by atoms with Gasteiger partial charge in [0.15, 0.2) is 0 Å². The van der Waals surface area contributed by atoms with Crippen LogP contribution in [0.3, 0.4) is 0 Å². The van der Waals surface area contributed by atoms with Crippen LogP contribution in [0.2, 0.25) is 0 Å². The Morgan fingerprint density at radius 3 is 2.47 bits per heavy atom. The van der Waals surface area contributed by atoms with E-state index in [-0.39, 0.29) is 17.5 Å². The lowest BCUT2D eigenvalue weighted by Crippen LogP contribution is -2.58. The summed E-state index contributed by atoms with van der Waals surface area (Å²) in [4.78, 5) is 11.9. The fourth-order valence-electron chi connectivity index (χ4n) is 10.3. The van der Waals surface area contributed by atoms with Crippen LogP contribution in [0.25, 0.3) is 0 Å². The maximum absolute atomic E-state index is 11.9. The van der Waals surface area contributed by atoms with Gasteiger partial charge in [0.1, 0.15) is 6.10 Å². The second kappa shape index (κ2) is 7.95. The van der Waals surface area contributed by atoms with Crippen molar-refractivity contribution in [1.82, 2.24) is 0 Å². The van der Waals surface area contributed by atoms with E-state index in [2.05, 4.69) is 53.7 Å². The zero-order chi connectivity index (χ0) is 24.7. The lowest BCUT2D eigenvalue weighted by atomic mass is 9.41. The molecule has 3 nitrogen and oxygen atoms in total. The normalized spacial score (nSPS) is 48.2. The molecule has 3 heteroatoms. The fraction of sp³-hybridized carbons (Fsp3) is 0.839. The maximum atomic E-state index is 11.9. The highest BCUT2D eigenvalue weighted by Crippen LogP contribution is 2.73. The molecule has 0 bridgehead atoms. The summed E-state index contributed by atoms with van der Waals surface area (Å²) in [6, 6.07) is 0. The van der Waals surface area contributed by atoms with E-state index in [1.54, 1.807) is 0 Å². The molecule has 4 aliphatic carbocycles. The van der Waals surface area contributed by atoms with Crippen molar-refractivity contribution in [1.29, 1.82) is 0 Å². The van der Waals surface area contributed by atoms with Gasteiger partial charge in [-0.2, -0.15) is 0 Å². The number of allylic oxidation sites excluding steroid dienone is 2. The molecule has 5 rings (SSSR count). The molecule has 1 heterocycles. The van der Waals surface area contributed by atoms with Crippen LogP contribution in [0.5, 0.6) is 0 Å². The molecular weight excluding hydrogens is 420 g/mol. The minimum atomic E-state index is -0.124. The number of cyclic esters (lactones) is 1. The van der Waals surface area contributed by atoms with Gasteiger partial charge in [-0.15, -0.1) is 0 Å². The van der Waals surface area contributed by atoms with Gasteiger partial charge < -0.3 is 9.47 Å². The number of carbonyl (C=O) groups excluding carboxylic acids is 1. The molecular formula is C31H48O3. The number of esters is 1. The van der Waals surface area contributed by atoms with Crippen LogP contribution in [-0.4, -0.2) is 25.3 Å². The monoisotopic (exact) mass is 468 g/mol. The molecule has 9 atom stereocenters. The quantitative estimate of drug-likeness (QED) is 0.316. The Hall–Kier alpha value is -1.09. The fourth-order valence-corrected chi connectivity index (χ4v) is 10.3. The second-order valence-electron chi connectivity index (χ2n) is 14.0. The first kappa shape index (κ1) is 24.6. The highest BCUT2D eigenvalue weighted by molar-refractivity contribution is 5.90. The molecule has 0 amide bonds. The van der Waals surface area contributed by atoms with E-state index in [9.17, 15) is 4.79 Å². The molecule has 9 unspecified atom stereocenters. The zero-order valence-electron chi connectivity index (χ0n) is 23.0. The van der Waals surface area contributed by atoms with Crippen LogP contribution in [0.15, 0.2) is 23.3 Å². The number of carbonyl (C=O) groups is 1. The average Bonchev–Trinajstić information content (AvgIpc) is 3.22. The number of fused-ring (bicyclic) bond motifs is 5. The number of hydrogen-bond acceptors (Lipinski definition) is 3. The van der Waals surface area contributed by atoms with Crippen molar-refractivity contribution in [2.75, 3.05) is 7.11 Å². The molecule has 5 aliphatic rings. The molecule has 34 heavy (non-hydrogen) atoms. The Labute approximate surface area is 208 Å². The summed E-state index contributed by atoms with van der Waals surface area (Å²) in [6.07, 6.45) is 15.1. The summed E-state index contributed by atoms with van der Waals surface area (Å²) in [5.41, 5.74) is 3.83. The third kappa shape index (κ3) is 3.20. The number of hydrogen-bond donors (Lipinski definition) is 0. The first-order chi connectivity index (χ1) is 15.9. The van der Waals surface area contributed by atoms with Crippen molar-refractivity contribution in [3.63, 3.8) is 0 Å². The van der Waals surface area contributed by atoms with Gasteiger partial charge >= 0.3 is 5.97 Å². The number of methoxy groups -OCH3 is 1. The maximum Gasteiger partial charge on any atom is 0.334 e. The van der Waals surface area contributed by atoms with Gasteiger partial charge in [0.2, 0.25) is 0 Å². The smallest absolute Gasteiger partial charge is 0.334 e. The van der Waals surface area contributed by atoms with E-state index in [0.717, 1.165) is 17.9 Å². The molecule has 0 aromatic carbocycles. The third-order valence-electron chi connectivity index (χ3n) is 12.4. The van der Waals surface area contributed by atoms with Crippen LogP contribution in [0, 0.1) is 45.3 Å². The molecule has 0 radical (unpaired) electrons. The first-order valence-electron chi connectivity index (χ1n) is 14.0. The molecule has 1 aliphatic heterocycles. The van der Waals surface area contributed by atoms with Gasteiger partial charge in [0.05, 0.1) is 6.10 Å². The van der Waals surface area contributed by atoms with Gasteiger partial charge in [-0.05, 0) is 110 Å². The van der Waals surface area contributed by atoms with Crippen LogP contribution < -0.4 is 0 Å². The Morgan fingerprint density at radius 2 is 1.82 bits per heavy atom. The summed E-state index contributed by atoms with van der Waals surface area (Å²) in [5.74, 6) is 2.55. The SMILES string of the molecule is COC1CCC2(C)C3CCC4(C)C(C(C)CC5C=C(C)C(=O)O5)CCC4(C)C3=CCC2C1(C)C. The molecule has 0 aromatic heterocycles. The Morgan fingerprint density at radius 1 is 1.09 bits per heavy atom. The van der Waals surface area contributed by atoms with E-state index in [1.165, 1.54) is 44.9 Å². The summed E-state index contributed by atoms with van der Waals surface area (Å²) in [5, 5.41) is 0. The molecule has 0 spiro atoms. The van der Waals surface area contributed by atoms with E-state index in [0.29, 0.717) is 40.1 Å². The zero-order valence-corrected chi connectivity index (χ0v) is 23.0. The highest BCUT2D eigenvalue weighted by atomic mass is 16.5. The molecule has 0 aromatic rings. The number of rotatable bonds is 4. The van der Waals surface area contributed by atoms with Crippen LogP contribution in [0.1, 0.15) is 99.8 Å². The summed E-state index contributed by atoms with van der Waals surface area (Å²) < 4.78 is 11.6. The van der Waals surface area contributed by atoms with Gasteiger partial charge in [-0.25, -0.2) is 4.79 Å². The lowest BCUT2D eigenvalue weighted by Gasteiger charge is -2.64. The molecule has 0 saturated heterocycles. The predicted molar refractivity (Wildman–Crippen MR) is 137 cm³/mol. The number of ether oxygens (including phenoxy) is 2. The average molecular weight is 469 g/mol. The standard InChI is InChI=1S/C31H48O3/c1-19(17-21-18-20(2)27(32)34-21)22-11-15-31(7)24-9-10-25-28(3,4)26(33-8)13-14-29(25,5)23(24)12-16-30(22,31)6/h9,18-19,21-23,25-26H,10-17H2,1-8H3. The largest absolute Gasteiger partial charge is 0.455 e. The first-order valence-corrected chi connectivity index (χ1v) is 14.0. The van der Waals surface area contributed by atoms with Crippen molar-refractivity contribution >= 4 is 5.97 Å². The van der Waals surface area contributed by atoms with Crippen molar-refractivity contribution < 1.29 is 14.3 Å². The van der Waals surface area contributed by atoms with E-state index in [4.69, 9.17) is 9.47 Å². The topological polar surface area (TPSA) is 35.5 Å². The molecule has 190 valence electrons. The summed E-state index contributed by atoms with van der Waals surface area (Å²) in [6.45, 7) is 17.1. The van der Waals surface area contributed by atoms with Gasteiger partial charge in [-0.1, -0.05) is 53.2 Å². The predicted octanol–water partition coefficient (Wildman–Crippen LogP) is 7.50. The Kier molecular flexibility index (Phi) is 5.75. The van der Waals surface area contributed by atoms with E-state index in [1.807, 2.05) is 19.6 Å². The van der Waals surface area contributed by atoms with Crippen LogP contribution in [0.4, 0.5) is 0 Å². The summed E-state index contributed by atoms with van der Waals surface area (Å²) >= 11 is 0. The second-order valence-corrected chi connectivity index (χ2v) is 14.0. The van der Waals surface area contributed by atoms with Gasteiger partial charge in [0, 0.05) is 12.7 Å². The van der Waals surface area contributed by atoms with Crippen molar-refractivity contribution in [3.8, 4) is 0 Å². The lowest BCUT2D eigenvalue weighted by molar-refractivity contribution is -0.143. The Bertz CT molecular complexity index is 914. The van der Waals surface area contributed by atoms with Crippen molar-refractivity contribution in [2.24, 2.45) is 45.3 Å². The minimum Gasteiger partial charge on any atom is -0.455 e. The van der Waals surface area contributed by atoms with Gasteiger partial charge in [0.25, 0.3) is 0 Å². The molecule has 0 N–H and O–H groups in total. The summed E-state index contributed by atoms with van der Waals surface area (Å²) in [7, 11) is 1.91. The van der Waals surface area contributed by atoms with Gasteiger partial charge in [-0.3, -0.25) is 0 Å². The van der Waals surface area contributed by atoms with Crippen LogP contribution in [-0.2, 0) is 14.3 Å². The van der Waals surface area contributed by atoms with E-state index >= 15 is 0 Å². The Balaban J connectivity index is 1.42. The minimum absolute atomic E-state index is 0.0268. The van der Waals surface area contributed by atoms with E-state index < -0.39 is 0 Å².